The number of amides is 2. The molecule has 0 atom stereocenters. The number of nitrogens with one attached hydrogen (secondary N) is 1. The van der Waals surface area contributed by atoms with Gasteiger partial charge in [-0.2, -0.15) is 0 Å². The first-order valence-corrected chi connectivity index (χ1v) is 11.5. The van der Waals surface area contributed by atoms with Gasteiger partial charge in [-0.05, 0) is 41.8 Å². The minimum Gasteiger partial charge on any atom is -0.292 e. The van der Waals surface area contributed by atoms with Gasteiger partial charge in [-0.3, -0.25) is 24.5 Å². The zero-order chi connectivity index (χ0) is 23.2. The van der Waals surface area contributed by atoms with Gasteiger partial charge in [-0.15, -0.1) is 10.2 Å². The van der Waals surface area contributed by atoms with Gasteiger partial charge >= 0.3 is 0 Å². The van der Waals surface area contributed by atoms with Gasteiger partial charge in [-0.25, -0.2) is 0 Å². The summed E-state index contributed by atoms with van der Waals surface area (Å²) in [6.07, 6.45) is 3.44. The quantitative estimate of drug-likeness (QED) is 0.411. The van der Waals surface area contributed by atoms with E-state index in [0.29, 0.717) is 16.5 Å². The molecule has 0 unspecified atom stereocenters. The first kappa shape index (κ1) is 22.4. The maximum atomic E-state index is 12.5. The fraction of sp³-hybridized carbons (Fsp3) is 0.160. The van der Waals surface area contributed by atoms with Crippen LogP contribution in [0.15, 0.2) is 84.3 Å². The first-order valence-electron chi connectivity index (χ1n) is 10.5. The number of hydrogen-bond donors (Lipinski definition) is 1. The monoisotopic (exact) mass is 457 g/mol. The fourth-order valence-corrected chi connectivity index (χ4v) is 4.14. The first-order chi connectivity index (χ1) is 16.0. The van der Waals surface area contributed by atoms with E-state index in [0.717, 1.165) is 16.8 Å². The van der Waals surface area contributed by atoms with Gasteiger partial charge in [0.1, 0.15) is 0 Å². The lowest BCUT2D eigenvalue weighted by atomic mass is 10.0. The maximum absolute atomic E-state index is 12.5. The van der Waals surface area contributed by atoms with Crippen LogP contribution in [0.25, 0.3) is 17.1 Å². The molecule has 166 valence electrons. The highest BCUT2D eigenvalue weighted by Crippen LogP contribution is 2.31. The molecule has 2 heterocycles. The number of rotatable bonds is 7. The second-order valence-electron chi connectivity index (χ2n) is 7.63. The molecule has 0 aliphatic heterocycles. The second-order valence-corrected chi connectivity index (χ2v) is 8.57. The van der Waals surface area contributed by atoms with Gasteiger partial charge in [0.2, 0.25) is 5.91 Å². The van der Waals surface area contributed by atoms with E-state index < -0.39 is 11.8 Å². The number of benzene rings is 2. The van der Waals surface area contributed by atoms with Crippen molar-refractivity contribution in [3.8, 4) is 17.1 Å². The Kier molecular flexibility index (Phi) is 6.95. The molecule has 8 heteroatoms. The summed E-state index contributed by atoms with van der Waals surface area (Å²) in [7, 11) is 0. The van der Waals surface area contributed by atoms with Crippen molar-refractivity contribution < 1.29 is 9.59 Å². The average molecular weight is 458 g/mol. The Labute approximate surface area is 196 Å². The van der Waals surface area contributed by atoms with E-state index in [-0.39, 0.29) is 11.7 Å². The van der Waals surface area contributed by atoms with Crippen molar-refractivity contribution in [2.75, 3.05) is 5.75 Å². The van der Waals surface area contributed by atoms with Crippen LogP contribution in [-0.2, 0) is 4.79 Å². The number of imide groups is 1. The van der Waals surface area contributed by atoms with E-state index in [1.165, 1.54) is 11.8 Å². The molecule has 2 aromatic heterocycles. The summed E-state index contributed by atoms with van der Waals surface area (Å²) in [5.74, 6) is 0.106. The summed E-state index contributed by atoms with van der Waals surface area (Å²) < 4.78 is 1.95. The van der Waals surface area contributed by atoms with Crippen molar-refractivity contribution >= 4 is 23.6 Å². The summed E-state index contributed by atoms with van der Waals surface area (Å²) in [6.45, 7) is 4.25. The van der Waals surface area contributed by atoms with Crippen LogP contribution in [0, 0.1) is 0 Å². The van der Waals surface area contributed by atoms with Gasteiger partial charge < -0.3 is 0 Å². The Bertz CT molecular complexity index is 1260. The topological polar surface area (TPSA) is 89.8 Å². The van der Waals surface area contributed by atoms with Gasteiger partial charge in [0.05, 0.1) is 11.4 Å². The number of aromatic nitrogens is 4. The molecule has 2 amide bonds. The predicted octanol–water partition coefficient (Wildman–Crippen LogP) is 4.50. The summed E-state index contributed by atoms with van der Waals surface area (Å²) in [5, 5.41) is 11.8. The molecule has 0 saturated carbocycles. The van der Waals surface area contributed by atoms with E-state index in [4.69, 9.17) is 0 Å². The Morgan fingerprint density at radius 2 is 1.73 bits per heavy atom. The molecule has 0 spiro atoms. The molecule has 4 aromatic rings. The molecule has 0 bridgehead atoms. The highest BCUT2D eigenvalue weighted by molar-refractivity contribution is 7.99. The third kappa shape index (κ3) is 5.18. The summed E-state index contributed by atoms with van der Waals surface area (Å²) in [6, 6.07) is 20.5. The lowest BCUT2D eigenvalue weighted by Gasteiger charge is -2.16. The molecule has 0 radical (unpaired) electrons. The van der Waals surface area contributed by atoms with Crippen LogP contribution in [0.5, 0.6) is 0 Å². The van der Waals surface area contributed by atoms with Crippen LogP contribution in [0.3, 0.4) is 0 Å². The Hall–Kier alpha value is -3.78. The molecule has 2 aromatic carbocycles. The third-order valence-corrected chi connectivity index (χ3v) is 5.90. The van der Waals surface area contributed by atoms with Crippen LogP contribution in [-0.4, -0.2) is 37.3 Å². The molecule has 0 saturated heterocycles. The van der Waals surface area contributed by atoms with Crippen molar-refractivity contribution in [3.05, 3.63) is 90.3 Å². The molecule has 0 aliphatic rings. The van der Waals surface area contributed by atoms with E-state index in [1.807, 2.05) is 41.0 Å². The van der Waals surface area contributed by atoms with Gasteiger partial charge in [0, 0.05) is 23.5 Å². The lowest BCUT2D eigenvalue weighted by molar-refractivity contribution is -0.117. The number of hydrogen-bond acceptors (Lipinski definition) is 6. The molecule has 4 rings (SSSR count). The Morgan fingerprint density at radius 3 is 2.45 bits per heavy atom. The molecular weight excluding hydrogens is 434 g/mol. The second kappa shape index (κ2) is 10.2. The normalized spacial score (nSPS) is 10.9. The number of pyridine rings is 1. The highest BCUT2D eigenvalue weighted by atomic mass is 32.2. The van der Waals surface area contributed by atoms with Crippen LogP contribution in [0.2, 0.25) is 0 Å². The van der Waals surface area contributed by atoms with Gasteiger partial charge in [0.25, 0.3) is 5.91 Å². The Morgan fingerprint density at radius 1 is 0.970 bits per heavy atom. The number of carbonyl (C=O) groups is 2. The minimum atomic E-state index is -0.427. The third-order valence-electron chi connectivity index (χ3n) is 4.97. The summed E-state index contributed by atoms with van der Waals surface area (Å²) in [5.41, 5.74) is 3.33. The summed E-state index contributed by atoms with van der Waals surface area (Å²) >= 11 is 1.23. The highest BCUT2D eigenvalue weighted by Gasteiger charge is 2.20. The number of para-hydroxylation sites is 1. The predicted molar refractivity (Wildman–Crippen MR) is 128 cm³/mol. The smallest absolute Gasteiger partial charge is 0.257 e. The van der Waals surface area contributed by atoms with Crippen LogP contribution < -0.4 is 5.32 Å². The summed E-state index contributed by atoms with van der Waals surface area (Å²) in [4.78, 5) is 29.0. The lowest BCUT2D eigenvalue weighted by Crippen LogP contribution is -2.31. The van der Waals surface area contributed by atoms with E-state index in [9.17, 15) is 9.59 Å². The van der Waals surface area contributed by atoms with Crippen molar-refractivity contribution in [1.82, 2.24) is 25.1 Å². The molecule has 33 heavy (non-hydrogen) atoms. The fourth-order valence-electron chi connectivity index (χ4n) is 3.40. The van der Waals surface area contributed by atoms with Crippen LogP contribution >= 0.6 is 11.8 Å². The zero-order valence-corrected chi connectivity index (χ0v) is 19.1. The molecule has 0 aliphatic carbocycles. The molecular formula is C25H23N5O2S. The minimum absolute atomic E-state index is 0.0214. The van der Waals surface area contributed by atoms with E-state index in [1.54, 1.807) is 36.7 Å². The van der Waals surface area contributed by atoms with Gasteiger partial charge in [0.15, 0.2) is 11.0 Å². The molecule has 1 N–H and O–H groups in total. The SMILES string of the molecule is CC(C)c1ccccc1-n1c(SCC(=O)NC(=O)c2ccccc2)nnc1-c1cccnc1. The standard InChI is InChI=1S/C25H23N5O2S/c1-17(2)20-12-6-7-13-21(20)30-23(19-11-8-14-26-15-19)28-29-25(30)33-16-22(31)27-24(32)18-9-4-3-5-10-18/h3-15,17H,16H2,1-2H3,(H,27,31,32). The maximum Gasteiger partial charge on any atom is 0.257 e. The number of thioether (sulfide) groups is 1. The van der Waals surface area contributed by atoms with Crippen molar-refractivity contribution in [2.45, 2.75) is 24.9 Å². The molecule has 7 nitrogen and oxygen atoms in total. The van der Waals surface area contributed by atoms with Gasteiger partial charge in [-0.1, -0.05) is 62.0 Å². The average Bonchev–Trinajstić information content (AvgIpc) is 3.27. The van der Waals surface area contributed by atoms with Crippen molar-refractivity contribution in [2.24, 2.45) is 0 Å². The van der Waals surface area contributed by atoms with Crippen molar-refractivity contribution in [1.29, 1.82) is 0 Å². The van der Waals surface area contributed by atoms with E-state index >= 15 is 0 Å². The van der Waals surface area contributed by atoms with Crippen LogP contribution in [0.1, 0.15) is 35.7 Å². The number of nitrogens with zero attached hydrogens (tertiary/aromatic N) is 4. The Balaban J connectivity index is 1.62. The zero-order valence-electron chi connectivity index (χ0n) is 18.3. The molecule has 0 fully saturated rings. The van der Waals surface area contributed by atoms with E-state index in [2.05, 4.69) is 40.4 Å². The van der Waals surface area contributed by atoms with Crippen LogP contribution in [0.4, 0.5) is 0 Å². The van der Waals surface area contributed by atoms with Crippen molar-refractivity contribution in [3.63, 3.8) is 0 Å². The number of carbonyl (C=O) groups excluding carboxylic acids is 2. The largest absolute Gasteiger partial charge is 0.292 e.